The van der Waals surface area contributed by atoms with E-state index in [0.29, 0.717) is 6.04 Å². The first-order valence-corrected chi connectivity index (χ1v) is 6.37. The number of hydrogen-bond donors (Lipinski definition) is 1. The third-order valence-corrected chi connectivity index (χ3v) is 3.26. The number of methoxy groups -OCH3 is 1. The fourth-order valence-electron chi connectivity index (χ4n) is 2.33. The number of rotatable bonds is 5. The molecular formula is C14H24Cl2N2O. The van der Waals surface area contributed by atoms with Crippen LogP contribution in [0.5, 0.6) is 0 Å². The van der Waals surface area contributed by atoms with Crippen LogP contribution in [0.4, 0.5) is 0 Å². The van der Waals surface area contributed by atoms with Crippen molar-refractivity contribution >= 4 is 24.8 Å². The van der Waals surface area contributed by atoms with Gasteiger partial charge in [-0.2, -0.15) is 0 Å². The van der Waals surface area contributed by atoms with E-state index in [4.69, 9.17) is 4.74 Å². The average Bonchev–Trinajstić information content (AvgIpc) is 2.38. The van der Waals surface area contributed by atoms with Crippen LogP contribution in [0.25, 0.3) is 0 Å². The predicted molar refractivity (Wildman–Crippen MR) is 84.5 cm³/mol. The Bertz CT molecular complexity index is 324. The summed E-state index contributed by atoms with van der Waals surface area (Å²) in [6.07, 6.45) is 1.10. The number of halogens is 2. The highest BCUT2D eigenvalue weighted by atomic mass is 35.5. The monoisotopic (exact) mass is 306 g/mol. The molecule has 0 aromatic heterocycles. The van der Waals surface area contributed by atoms with Crippen LogP contribution >= 0.6 is 24.8 Å². The van der Waals surface area contributed by atoms with Gasteiger partial charge in [0.25, 0.3) is 0 Å². The van der Waals surface area contributed by atoms with Gasteiger partial charge in [0.15, 0.2) is 0 Å². The first-order valence-electron chi connectivity index (χ1n) is 6.37. The molecule has 2 rings (SSSR count). The maximum atomic E-state index is 5.14. The summed E-state index contributed by atoms with van der Waals surface area (Å²) in [7, 11) is 1.77. The van der Waals surface area contributed by atoms with Gasteiger partial charge in [-0.15, -0.1) is 24.8 Å². The van der Waals surface area contributed by atoms with E-state index < -0.39 is 0 Å². The van der Waals surface area contributed by atoms with Crippen molar-refractivity contribution in [1.29, 1.82) is 0 Å². The van der Waals surface area contributed by atoms with E-state index in [0.717, 1.165) is 39.2 Å². The number of piperazine rings is 1. The molecule has 1 saturated heterocycles. The molecule has 1 aliphatic rings. The van der Waals surface area contributed by atoms with Crippen molar-refractivity contribution in [3.8, 4) is 0 Å². The van der Waals surface area contributed by atoms with Crippen LogP contribution in [-0.2, 0) is 11.3 Å². The molecule has 110 valence electrons. The first kappa shape index (κ1) is 18.7. The molecule has 0 unspecified atom stereocenters. The highest BCUT2D eigenvalue weighted by Gasteiger charge is 2.18. The van der Waals surface area contributed by atoms with Gasteiger partial charge in [0.2, 0.25) is 0 Å². The molecule has 3 nitrogen and oxygen atoms in total. The van der Waals surface area contributed by atoms with E-state index in [9.17, 15) is 0 Å². The van der Waals surface area contributed by atoms with Gasteiger partial charge < -0.3 is 10.1 Å². The van der Waals surface area contributed by atoms with Crippen LogP contribution in [0.1, 0.15) is 12.0 Å². The number of nitrogens with one attached hydrogen (secondary N) is 1. The lowest BCUT2D eigenvalue weighted by Gasteiger charge is -2.33. The quantitative estimate of drug-likeness (QED) is 0.904. The van der Waals surface area contributed by atoms with Crippen molar-refractivity contribution in [2.45, 2.75) is 19.0 Å². The first-order chi connectivity index (χ1) is 8.38. The lowest BCUT2D eigenvalue weighted by molar-refractivity contribution is 0.144. The van der Waals surface area contributed by atoms with Crippen LogP contribution in [0.2, 0.25) is 0 Å². The van der Waals surface area contributed by atoms with Crippen molar-refractivity contribution < 1.29 is 4.74 Å². The van der Waals surface area contributed by atoms with Crippen LogP contribution in [-0.4, -0.2) is 44.3 Å². The van der Waals surface area contributed by atoms with Crippen LogP contribution in [0, 0.1) is 0 Å². The van der Waals surface area contributed by atoms with E-state index in [1.165, 1.54) is 5.56 Å². The summed E-state index contributed by atoms with van der Waals surface area (Å²) < 4.78 is 5.14. The number of hydrogen-bond acceptors (Lipinski definition) is 3. The Labute approximate surface area is 128 Å². The molecule has 5 heteroatoms. The fourth-order valence-corrected chi connectivity index (χ4v) is 2.33. The normalized spacial score (nSPS) is 19.3. The average molecular weight is 307 g/mol. The SMILES string of the molecule is COCC[C@H]1CN(Cc2ccccc2)CCN1.Cl.Cl. The molecule has 0 aliphatic carbocycles. The molecular weight excluding hydrogens is 283 g/mol. The van der Waals surface area contributed by atoms with E-state index in [1.54, 1.807) is 7.11 Å². The van der Waals surface area contributed by atoms with Gasteiger partial charge in [-0.25, -0.2) is 0 Å². The summed E-state index contributed by atoms with van der Waals surface area (Å²) in [5.74, 6) is 0. The van der Waals surface area contributed by atoms with Gasteiger partial charge in [-0.3, -0.25) is 4.90 Å². The minimum Gasteiger partial charge on any atom is -0.385 e. The Balaban J connectivity index is 0.00000162. The third kappa shape index (κ3) is 6.59. The molecule has 1 atom stereocenters. The van der Waals surface area contributed by atoms with E-state index in [1.807, 2.05) is 0 Å². The molecule has 1 aliphatic heterocycles. The Morgan fingerprint density at radius 2 is 2.00 bits per heavy atom. The van der Waals surface area contributed by atoms with Crippen LogP contribution in [0.3, 0.4) is 0 Å². The Hall–Kier alpha value is -0.320. The van der Waals surface area contributed by atoms with E-state index in [-0.39, 0.29) is 24.8 Å². The number of ether oxygens (including phenoxy) is 1. The summed E-state index contributed by atoms with van der Waals surface area (Å²) >= 11 is 0. The van der Waals surface area contributed by atoms with Crippen molar-refractivity contribution in [3.05, 3.63) is 35.9 Å². The Kier molecular flexibility index (Phi) is 10.3. The van der Waals surface area contributed by atoms with Crippen molar-refractivity contribution in [3.63, 3.8) is 0 Å². The van der Waals surface area contributed by atoms with Gasteiger partial charge in [-0.05, 0) is 12.0 Å². The summed E-state index contributed by atoms with van der Waals surface area (Å²) in [5.41, 5.74) is 1.40. The molecule has 1 aromatic rings. The smallest absolute Gasteiger partial charge is 0.0477 e. The molecule has 0 radical (unpaired) electrons. The summed E-state index contributed by atoms with van der Waals surface area (Å²) in [4.78, 5) is 2.52. The molecule has 1 aromatic carbocycles. The minimum absolute atomic E-state index is 0. The molecule has 19 heavy (non-hydrogen) atoms. The largest absolute Gasteiger partial charge is 0.385 e. The summed E-state index contributed by atoms with van der Waals surface area (Å²) in [5, 5.41) is 3.55. The van der Waals surface area contributed by atoms with Gasteiger partial charge in [0.05, 0.1) is 0 Å². The lowest BCUT2D eigenvalue weighted by atomic mass is 10.1. The van der Waals surface area contributed by atoms with Gasteiger partial charge >= 0.3 is 0 Å². The summed E-state index contributed by atoms with van der Waals surface area (Å²) in [6.45, 7) is 5.25. The van der Waals surface area contributed by atoms with Crippen LogP contribution < -0.4 is 5.32 Å². The molecule has 0 bridgehead atoms. The van der Waals surface area contributed by atoms with E-state index in [2.05, 4.69) is 40.5 Å². The third-order valence-electron chi connectivity index (χ3n) is 3.26. The Morgan fingerprint density at radius 1 is 1.26 bits per heavy atom. The molecule has 1 heterocycles. The highest BCUT2D eigenvalue weighted by molar-refractivity contribution is 5.85. The molecule has 0 saturated carbocycles. The second-order valence-corrected chi connectivity index (χ2v) is 4.65. The van der Waals surface area contributed by atoms with Crippen molar-refractivity contribution in [2.75, 3.05) is 33.4 Å². The standard InChI is InChI=1S/C14H22N2O.2ClH/c1-17-10-7-14-12-16(9-8-15-14)11-13-5-3-2-4-6-13;;/h2-6,14-15H,7-12H2,1H3;2*1H/t14-;;/m0../s1. The molecule has 0 spiro atoms. The van der Waals surface area contributed by atoms with Gasteiger partial charge in [0, 0.05) is 45.9 Å². The summed E-state index contributed by atoms with van der Waals surface area (Å²) in [6, 6.07) is 11.3. The predicted octanol–water partition coefficient (Wildman–Crippen LogP) is 2.34. The van der Waals surface area contributed by atoms with Gasteiger partial charge in [0.1, 0.15) is 0 Å². The minimum atomic E-state index is 0. The van der Waals surface area contributed by atoms with Gasteiger partial charge in [-0.1, -0.05) is 30.3 Å². The highest BCUT2D eigenvalue weighted by Crippen LogP contribution is 2.08. The zero-order valence-corrected chi connectivity index (χ0v) is 13.0. The molecule has 1 fully saturated rings. The Morgan fingerprint density at radius 3 is 2.68 bits per heavy atom. The number of benzene rings is 1. The maximum absolute atomic E-state index is 5.14. The van der Waals surface area contributed by atoms with Crippen molar-refractivity contribution in [2.24, 2.45) is 0 Å². The second kappa shape index (κ2) is 10.5. The molecule has 1 N–H and O–H groups in total. The maximum Gasteiger partial charge on any atom is 0.0477 e. The van der Waals surface area contributed by atoms with E-state index >= 15 is 0 Å². The fraction of sp³-hybridized carbons (Fsp3) is 0.571. The zero-order valence-electron chi connectivity index (χ0n) is 11.4. The number of nitrogens with zero attached hydrogens (tertiary/aromatic N) is 1. The van der Waals surface area contributed by atoms with Crippen LogP contribution in [0.15, 0.2) is 30.3 Å². The molecule has 0 amide bonds. The second-order valence-electron chi connectivity index (χ2n) is 4.65. The lowest BCUT2D eigenvalue weighted by Crippen LogP contribution is -2.50. The topological polar surface area (TPSA) is 24.5 Å². The zero-order chi connectivity index (χ0) is 11.9. The van der Waals surface area contributed by atoms with Crippen molar-refractivity contribution in [1.82, 2.24) is 10.2 Å².